The number of carbonyl (C=O) groups is 2. The Kier molecular flexibility index (Phi) is 3.76. The Labute approximate surface area is 112 Å². The molecule has 0 aliphatic heterocycles. The first-order valence-corrected chi connectivity index (χ1v) is 6.15. The Morgan fingerprint density at radius 1 is 1.37 bits per heavy atom. The molecule has 2 rings (SSSR count). The zero-order valence-corrected chi connectivity index (χ0v) is 10.5. The molecule has 2 aromatic rings. The average molecular weight is 278 g/mol. The van der Waals surface area contributed by atoms with Crippen molar-refractivity contribution in [3.8, 4) is 5.75 Å². The fourth-order valence-electron chi connectivity index (χ4n) is 1.42. The maximum Gasteiger partial charge on any atom is 0.365 e. The van der Waals surface area contributed by atoms with Crippen LogP contribution in [0.3, 0.4) is 0 Å². The van der Waals surface area contributed by atoms with Gasteiger partial charge in [-0.2, -0.15) is 0 Å². The summed E-state index contributed by atoms with van der Waals surface area (Å²) >= 11 is 1.02. The van der Waals surface area contributed by atoms with Crippen molar-refractivity contribution in [2.45, 2.75) is 6.61 Å². The number of amides is 1. The van der Waals surface area contributed by atoms with E-state index in [0.29, 0.717) is 11.4 Å². The molecular formula is C12H10N2O4S. The number of carboxylic acids is 1. The minimum atomic E-state index is -1.08. The van der Waals surface area contributed by atoms with Crippen LogP contribution in [-0.4, -0.2) is 22.0 Å². The lowest BCUT2D eigenvalue weighted by Gasteiger charge is -2.07. The van der Waals surface area contributed by atoms with E-state index in [2.05, 4.69) is 4.98 Å². The van der Waals surface area contributed by atoms with Crippen molar-refractivity contribution in [1.29, 1.82) is 0 Å². The van der Waals surface area contributed by atoms with Crippen LogP contribution in [0, 0.1) is 0 Å². The van der Waals surface area contributed by atoms with Gasteiger partial charge in [-0.15, -0.1) is 11.3 Å². The monoisotopic (exact) mass is 278 g/mol. The van der Waals surface area contributed by atoms with E-state index in [0.717, 1.165) is 11.3 Å². The molecule has 1 aromatic carbocycles. The van der Waals surface area contributed by atoms with Crippen LogP contribution in [0.5, 0.6) is 5.75 Å². The molecule has 1 heterocycles. The van der Waals surface area contributed by atoms with Crippen molar-refractivity contribution in [1.82, 2.24) is 4.98 Å². The molecule has 6 nitrogen and oxygen atoms in total. The Hall–Kier alpha value is -2.41. The van der Waals surface area contributed by atoms with Gasteiger partial charge in [-0.1, -0.05) is 12.1 Å². The molecule has 19 heavy (non-hydrogen) atoms. The predicted molar refractivity (Wildman–Crippen MR) is 68.4 cm³/mol. The molecular weight excluding hydrogens is 268 g/mol. The molecule has 0 saturated heterocycles. The number of para-hydroxylation sites is 1. The number of hydrogen-bond acceptors (Lipinski definition) is 5. The molecule has 1 aromatic heterocycles. The normalized spacial score (nSPS) is 10.1. The number of carboxylic acid groups (broad SMARTS) is 1. The first-order valence-electron chi connectivity index (χ1n) is 5.27. The maximum absolute atomic E-state index is 11.2. The Bertz CT molecular complexity index is 624. The molecule has 0 saturated carbocycles. The molecule has 1 amide bonds. The van der Waals surface area contributed by atoms with E-state index in [1.165, 1.54) is 0 Å². The highest BCUT2D eigenvalue weighted by atomic mass is 32.1. The molecule has 0 aliphatic carbocycles. The van der Waals surface area contributed by atoms with Gasteiger partial charge in [-0.3, -0.25) is 4.79 Å². The van der Waals surface area contributed by atoms with Gasteiger partial charge in [0.05, 0.1) is 11.3 Å². The van der Waals surface area contributed by atoms with Crippen LogP contribution < -0.4 is 10.5 Å². The summed E-state index contributed by atoms with van der Waals surface area (Å²) in [7, 11) is 0. The van der Waals surface area contributed by atoms with Gasteiger partial charge in [0, 0.05) is 5.38 Å². The van der Waals surface area contributed by atoms with Crippen LogP contribution in [-0.2, 0) is 6.61 Å². The van der Waals surface area contributed by atoms with Crippen molar-refractivity contribution in [2.75, 3.05) is 0 Å². The van der Waals surface area contributed by atoms with Crippen molar-refractivity contribution >= 4 is 23.2 Å². The molecule has 0 spiro atoms. The van der Waals surface area contributed by atoms with E-state index in [1.807, 2.05) is 0 Å². The summed E-state index contributed by atoms with van der Waals surface area (Å²) in [5, 5.41) is 10.3. The van der Waals surface area contributed by atoms with Gasteiger partial charge in [-0.05, 0) is 12.1 Å². The molecule has 0 unspecified atom stereocenters. The van der Waals surface area contributed by atoms with E-state index in [9.17, 15) is 9.59 Å². The smallest absolute Gasteiger partial charge is 0.365 e. The number of benzene rings is 1. The van der Waals surface area contributed by atoms with Crippen molar-refractivity contribution in [2.24, 2.45) is 5.73 Å². The quantitative estimate of drug-likeness (QED) is 0.863. The number of aromatic nitrogens is 1. The van der Waals surface area contributed by atoms with Crippen molar-refractivity contribution in [3.05, 3.63) is 45.9 Å². The topological polar surface area (TPSA) is 103 Å². The molecule has 3 N–H and O–H groups in total. The summed E-state index contributed by atoms with van der Waals surface area (Å²) in [5.41, 5.74) is 5.98. The zero-order valence-electron chi connectivity index (χ0n) is 9.70. The highest BCUT2D eigenvalue weighted by Crippen LogP contribution is 2.19. The van der Waals surface area contributed by atoms with Crippen LogP contribution in [0.1, 0.15) is 25.9 Å². The van der Waals surface area contributed by atoms with E-state index < -0.39 is 11.9 Å². The van der Waals surface area contributed by atoms with Crippen LogP contribution in [0.25, 0.3) is 0 Å². The number of primary amides is 1. The standard InChI is InChI=1S/C12H10N2O4S/c13-10(15)8-3-1-2-4-9(8)18-5-7-6-19-11(14-7)12(16)17/h1-4,6H,5H2,(H2,13,15)(H,16,17). The van der Waals surface area contributed by atoms with Gasteiger partial charge in [-0.25, -0.2) is 9.78 Å². The van der Waals surface area contributed by atoms with E-state index in [-0.39, 0.29) is 17.2 Å². The number of hydrogen-bond donors (Lipinski definition) is 2. The minimum Gasteiger partial charge on any atom is -0.486 e. The Balaban J connectivity index is 2.10. The van der Waals surface area contributed by atoms with E-state index in [1.54, 1.807) is 29.6 Å². The zero-order chi connectivity index (χ0) is 13.8. The van der Waals surface area contributed by atoms with Crippen LogP contribution in [0.15, 0.2) is 29.6 Å². The van der Waals surface area contributed by atoms with Crippen LogP contribution in [0.4, 0.5) is 0 Å². The second-order valence-electron chi connectivity index (χ2n) is 3.60. The average Bonchev–Trinajstić information content (AvgIpc) is 2.85. The van der Waals surface area contributed by atoms with Crippen LogP contribution >= 0.6 is 11.3 Å². The van der Waals surface area contributed by atoms with Gasteiger partial charge >= 0.3 is 5.97 Å². The Morgan fingerprint density at radius 3 is 2.74 bits per heavy atom. The summed E-state index contributed by atoms with van der Waals surface area (Å²) in [6.45, 7) is 0.0775. The molecule has 0 bridgehead atoms. The van der Waals surface area contributed by atoms with Gasteiger partial charge < -0.3 is 15.6 Å². The third-order valence-corrected chi connectivity index (χ3v) is 3.14. The summed E-state index contributed by atoms with van der Waals surface area (Å²) in [4.78, 5) is 25.7. The third kappa shape index (κ3) is 3.08. The highest BCUT2D eigenvalue weighted by Gasteiger charge is 2.11. The maximum atomic E-state index is 11.2. The van der Waals surface area contributed by atoms with Gasteiger partial charge in [0.15, 0.2) is 0 Å². The lowest BCUT2D eigenvalue weighted by atomic mass is 10.2. The SMILES string of the molecule is NC(=O)c1ccccc1OCc1csc(C(=O)O)n1. The molecule has 7 heteroatoms. The molecule has 98 valence electrons. The number of ether oxygens (including phenoxy) is 1. The predicted octanol–water partition coefficient (Wildman–Crippen LogP) is 1.52. The largest absolute Gasteiger partial charge is 0.486 e. The first-order chi connectivity index (χ1) is 9.08. The van der Waals surface area contributed by atoms with E-state index >= 15 is 0 Å². The number of aromatic carboxylic acids is 1. The second kappa shape index (κ2) is 5.49. The van der Waals surface area contributed by atoms with Gasteiger partial charge in [0.1, 0.15) is 12.4 Å². The van der Waals surface area contributed by atoms with Gasteiger partial charge in [0.2, 0.25) is 5.01 Å². The fraction of sp³-hybridized carbons (Fsp3) is 0.0833. The molecule has 0 atom stereocenters. The lowest BCUT2D eigenvalue weighted by molar-refractivity contribution is 0.0696. The number of thiazole rings is 1. The number of nitrogens with zero attached hydrogens (tertiary/aromatic N) is 1. The number of carbonyl (C=O) groups excluding carboxylic acids is 1. The summed E-state index contributed by atoms with van der Waals surface area (Å²) in [6.07, 6.45) is 0. The first kappa shape index (κ1) is 13.0. The number of nitrogens with two attached hydrogens (primary N) is 1. The van der Waals surface area contributed by atoms with Crippen molar-refractivity contribution in [3.63, 3.8) is 0 Å². The summed E-state index contributed by atoms with van der Waals surface area (Å²) < 4.78 is 5.43. The van der Waals surface area contributed by atoms with Gasteiger partial charge in [0.25, 0.3) is 5.91 Å². The van der Waals surface area contributed by atoms with Crippen molar-refractivity contribution < 1.29 is 19.4 Å². The second-order valence-corrected chi connectivity index (χ2v) is 4.46. The molecule has 0 fully saturated rings. The Morgan fingerprint density at radius 2 is 2.11 bits per heavy atom. The highest BCUT2D eigenvalue weighted by molar-refractivity contribution is 7.11. The summed E-state index contributed by atoms with van der Waals surface area (Å²) in [6, 6.07) is 6.57. The van der Waals surface area contributed by atoms with Crippen LogP contribution in [0.2, 0.25) is 0 Å². The fourth-order valence-corrected chi connectivity index (χ4v) is 2.06. The number of rotatable bonds is 5. The van der Waals surface area contributed by atoms with E-state index in [4.69, 9.17) is 15.6 Å². The molecule has 0 radical (unpaired) electrons. The lowest BCUT2D eigenvalue weighted by Crippen LogP contribution is -2.13. The third-order valence-electron chi connectivity index (χ3n) is 2.26. The minimum absolute atomic E-state index is 0.00165. The molecule has 0 aliphatic rings. The summed E-state index contributed by atoms with van der Waals surface area (Å²) in [5.74, 6) is -1.31.